The van der Waals surface area contributed by atoms with Gasteiger partial charge in [0.05, 0.1) is 12.1 Å². The van der Waals surface area contributed by atoms with Gasteiger partial charge in [-0.05, 0) is 12.1 Å². The third-order valence-electron chi connectivity index (χ3n) is 2.63. The second-order valence-electron chi connectivity index (χ2n) is 3.82. The fourth-order valence-electron chi connectivity index (χ4n) is 1.77. The minimum atomic E-state index is -2.63. The Morgan fingerprint density at radius 2 is 2.16 bits per heavy atom. The van der Waals surface area contributed by atoms with Gasteiger partial charge in [-0.25, -0.2) is 8.78 Å². The van der Waals surface area contributed by atoms with Gasteiger partial charge >= 0.3 is 0 Å². The van der Waals surface area contributed by atoms with E-state index in [0.29, 0.717) is 11.3 Å². The smallest absolute Gasteiger partial charge is 0.264 e. The van der Waals surface area contributed by atoms with Crippen molar-refractivity contribution in [2.45, 2.75) is 13.0 Å². The largest absolute Gasteiger partial charge is 0.454 e. The zero-order chi connectivity index (χ0) is 13.4. The molecule has 1 aliphatic heterocycles. The first-order valence-electron chi connectivity index (χ1n) is 5.43. The van der Waals surface area contributed by atoms with Gasteiger partial charge in [0.15, 0.2) is 11.5 Å². The molecule has 0 spiro atoms. The van der Waals surface area contributed by atoms with Crippen LogP contribution in [0.2, 0.25) is 0 Å². The molecule has 1 aromatic carbocycles. The molecule has 0 bridgehead atoms. The van der Waals surface area contributed by atoms with E-state index in [2.05, 4.69) is 10.1 Å². The molecule has 0 unspecified atom stereocenters. The van der Waals surface area contributed by atoms with E-state index in [0.717, 1.165) is 0 Å². The van der Waals surface area contributed by atoms with Crippen LogP contribution in [0.3, 0.4) is 0 Å². The Labute approximate surface area is 106 Å². The summed E-state index contributed by atoms with van der Waals surface area (Å²) in [4.78, 5) is 3.99. The van der Waals surface area contributed by atoms with Gasteiger partial charge in [0.2, 0.25) is 18.5 Å². The molecule has 0 atom stereocenters. The van der Waals surface area contributed by atoms with Crippen molar-refractivity contribution in [3.8, 4) is 22.9 Å². The summed E-state index contributed by atoms with van der Waals surface area (Å²) in [6.07, 6.45) is -2.63. The van der Waals surface area contributed by atoms with Crippen LogP contribution in [-0.4, -0.2) is 16.9 Å². The van der Waals surface area contributed by atoms with Crippen LogP contribution in [0.25, 0.3) is 11.4 Å². The summed E-state index contributed by atoms with van der Waals surface area (Å²) >= 11 is 0. The number of hydrogen-bond acceptors (Lipinski definition) is 6. The van der Waals surface area contributed by atoms with E-state index >= 15 is 0 Å². The Morgan fingerprint density at radius 1 is 1.32 bits per heavy atom. The lowest BCUT2D eigenvalue weighted by Gasteiger charge is -2.05. The number of aromatic nitrogens is 2. The molecule has 0 saturated carbocycles. The molecule has 1 aliphatic rings. The van der Waals surface area contributed by atoms with Gasteiger partial charge in [-0.2, -0.15) is 4.98 Å². The quantitative estimate of drug-likeness (QED) is 0.915. The standard InChI is InChI=1S/C11H9F2N3O3/c12-10(13)5-1-6(9-7(2-5)17-4-18-9)11-15-8(3-14)19-16-11/h1-2,10H,3-4,14H2. The maximum Gasteiger partial charge on any atom is 0.264 e. The molecule has 1 aromatic heterocycles. The first-order valence-corrected chi connectivity index (χ1v) is 5.43. The van der Waals surface area contributed by atoms with Gasteiger partial charge in [-0.3, -0.25) is 0 Å². The Morgan fingerprint density at radius 3 is 2.84 bits per heavy atom. The minimum absolute atomic E-state index is 0.0311. The van der Waals surface area contributed by atoms with Gasteiger partial charge in [-0.15, -0.1) is 0 Å². The Kier molecular flexibility index (Phi) is 2.79. The number of ether oxygens (including phenoxy) is 2. The van der Waals surface area contributed by atoms with E-state index in [9.17, 15) is 8.78 Å². The van der Waals surface area contributed by atoms with E-state index in [1.807, 2.05) is 0 Å². The zero-order valence-corrected chi connectivity index (χ0v) is 9.60. The van der Waals surface area contributed by atoms with E-state index in [1.54, 1.807) is 0 Å². The van der Waals surface area contributed by atoms with Crippen LogP contribution in [0, 0.1) is 0 Å². The molecule has 2 N–H and O–H groups in total. The second-order valence-corrected chi connectivity index (χ2v) is 3.82. The number of halogens is 2. The van der Waals surface area contributed by atoms with Gasteiger partial charge in [0.25, 0.3) is 6.43 Å². The minimum Gasteiger partial charge on any atom is -0.454 e. The fraction of sp³-hybridized carbons (Fsp3) is 0.273. The molecule has 0 radical (unpaired) electrons. The summed E-state index contributed by atoms with van der Waals surface area (Å²) in [5.41, 5.74) is 5.46. The first-order chi connectivity index (χ1) is 9.19. The highest BCUT2D eigenvalue weighted by Gasteiger charge is 2.25. The van der Waals surface area contributed by atoms with Gasteiger partial charge < -0.3 is 19.7 Å². The number of rotatable bonds is 3. The van der Waals surface area contributed by atoms with E-state index in [-0.39, 0.29) is 36.4 Å². The summed E-state index contributed by atoms with van der Waals surface area (Å²) in [6.45, 7) is 0.0394. The maximum absolute atomic E-state index is 12.8. The molecule has 8 heteroatoms. The Hall–Kier alpha value is -2.22. The lowest BCUT2D eigenvalue weighted by atomic mass is 10.1. The molecule has 2 heterocycles. The first kappa shape index (κ1) is 11.8. The SMILES string of the molecule is NCc1nc(-c2cc(C(F)F)cc3c2OCO3)no1. The third-order valence-corrected chi connectivity index (χ3v) is 2.63. The number of nitrogens with two attached hydrogens (primary N) is 1. The molecule has 100 valence electrons. The molecule has 3 rings (SSSR count). The monoisotopic (exact) mass is 269 g/mol. The average Bonchev–Trinajstić information content (AvgIpc) is 3.06. The molecule has 0 saturated heterocycles. The van der Waals surface area contributed by atoms with Crippen molar-refractivity contribution in [3.05, 3.63) is 23.6 Å². The lowest BCUT2D eigenvalue weighted by Crippen LogP contribution is -1.96. The van der Waals surface area contributed by atoms with Crippen LogP contribution in [-0.2, 0) is 6.54 Å². The molecule has 0 amide bonds. The van der Waals surface area contributed by atoms with Crippen molar-refractivity contribution in [2.24, 2.45) is 5.73 Å². The van der Waals surface area contributed by atoms with Crippen molar-refractivity contribution in [3.63, 3.8) is 0 Å². The van der Waals surface area contributed by atoms with Crippen molar-refractivity contribution in [1.29, 1.82) is 0 Å². The highest BCUT2D eigenvalue weighted by molar-refractivity contribution is 5.70. The van der Waals surface area contributed by atoms with E-state index in [1.165, 1.54) is 12.1 Å². The van der Waals surface area contributed by atoms with Gasteiger partial charge in [0, 0.05) is 5.56 Å². The number of fused-ring (bicyclic) bond motifs is 1. The Bertz CT molecular complexity index is 615. The summed E-state index contributed by atoms with van der Waals surface area (Å²) in [5.74, 6) is 0.926. The van der Waals surface area contributed by atoms with E-state index < -0.39 is 6.43 Å². The van der Waals surface area contributed by atoms with E-state index in [4.69, 9.17) is 19.7 Å². The summed E-state index contributed by atoms with van der Waals surface area (Å²) in [6, 6.07) is 2.49. The molecular weight excluding hydrogens is 260 g/mol. The molecular formula is C11H9F2N3O3. The van der Waals surface area contributed by atoms with Gasteiger partial charge in [-0.1, -0.05) is 5.16 Å². The summed E-state index contributed by atoms with van der Waals surface area (Å²) in [7, 11) is 0. The third kappa shape index (κ3) is 1.99. The van der Waals surface area contributed by atoms with Crippen molar-refractivity contribution >= 4 is 0 Å². The molecule has 6 nitrogen and oxygen atoms in total. The predicted octanol–water partition coefficient (Wildman–Crippen LogP) is 1.86. The highest BCUT2D eigenvalue weighted by Crippen LogP contribution is 2.43. The van der Waals surface area contributed by atoms with Crippen LogP contribution in [0.1, 0.15) is 17.9 Å². The van der Waals surface area contributed by atoms with Crippen molar-refractivity contribution < 1.29 is 22.8 Å². The summed E-state index contributed by atoms with van der Waals surface area (Å²) in [5, 5.41) is 3.69. The average molecular weight is 269 g/mol. The lowest BCUT2D eigenvalue weighted by molar-refractivity contribution is 0.150. The number of hydrogen-bond donors (Lipinski definition) is 1. The van der Waals surface area contributed by atoms with Crippen molar-refractivity contribution in [2.75, 3.05) is 6.79 Å². The van der Waals surface area contributed by atoms with Crippen molar-refractivity contribution in [1.82, 2.24) is 10.1 Å². The maximum atomic E-state index is 12.8. The highest BCUT2D eigenvalue weighted by atomic mass is 19.3. The molecule has 2 aromatic rings. The van der Waals surface area contributed by atoms with Crippen LogP contribution in [0.5, 0.6) is 11.5 Å². The van der Waals surface area contributed by atoms with Crippen LogP contribution in [0.4, 0.5) is 8.78 Å². The predicted molar refractivity (Wildman–Crippen MR) is 58.7 cm³/mol. The fourth-order valence-corrected chi connectivity index (χ4v) is 1.77. The normalized spacial score (nSPS) is 13.3. The molecule has 19 heavy (non-hydrogen) atoms. The summed E-state index contributed by atoms with van der Waals surface area (Å²) < 4.78 is 40.9. The van der Waals surface area contributed by atoms with Crippen LogP contribution < -0.4 is 15.2 Å². The van der Waals surface area contributed by atoms with Gasteiger partial charge in [0.1, 0.15) is 0 Å². The number of alkyl halides is 2. The van der Waals surface area contributed by atoms with Crippen LogP contribution in [0.15, 0.2) is 16.7 Å². The zero-order valence-electron chi connectivity index (χ0n) is 9.60. The topological polar surface area (TPSA) is 83.4 Å². The number of benzene rings is 1. The molecule has 0 aliphatic carbocycles. The second kappa shape index (κ2) is 4.47. The Balaban J connectivity index is 2.13. The number of nitrogens with zero attached hydrogens (tertiary/aromatic N) is 2. The van der Waals surface area contributed by atoms with Crippen LogP contribution >= 0.6 is 0 Å². The molecule has 0 fully saturated rings.